The lowest BCUT2D eigenvalue weighted by Gasteiger charge is -2.27. The van der Waals surface area contributed by atoms with Crippen molar-refractivity contribution in [3.05, 3.63) is 0 Å². The third-order valence-electron chi connectivity index (χ3n) is 2.78. The second-order valence-electron chi connectivity index (χ2n) is 3.92. The van der Waals surface area contributed by atoms with Crippen molar-refractivity contribution in [3.8, 4) is 0 Å². The molecule has 0 saturated carbocycles. The van der Waals surface area contributed by atoms with Crippen LogP contribution >= 0.6 is 0 Å². The van der Waals surface area contributed by atoms with Gasteiger partial charge in [0.05, 0.1) is 0 Å². The first-order chi connectivity index (χ1) is 7.88. The molecule has 1 unspecified atom stereocenters. The van der Waals surface area contributed by atoms with Gasteiger partial charge < -0.3 is 18.0 Å². The smallest absolute Gasteiger partial charge is 0.479 e. The van der Waals surface area contributed by atoms with E-state index >= 15 is 0 Å². The van der Waals surface area contributed by atoms with Gasteiger partial charge in [0.15, 0.2) is 0 Å². The molecule has 1 fully saturated rings. The summed E-state index contributed by atoms with van der Waals surface area (Å²) in [5.74, 6) is 0. The SMILES string of the molecule is CCOCO[CH]1CCC[CH2][Al]1[O]COCC. The number of ether oxygens (including phenoxy) is 3. The summed E-state index contributed by atoms with van der Waals surface area (Å²) in [6.45, 7) is 6.22. The van der Waals surface area contributed by atoms with Crippen LogP contribution in [-0.4, -0.2) is 46.2 Å². The van der Waals surface area contributed by atoms with Gasteiger partial charge >= 0.3 is 14.5 Å². The highest BCUT2D eigenvalue weighted by Crippen LogP contribution is 2.21. The Morgan fingerprint density at radius 3 is 2.56 bits per heavy atom. The van der Waals surface area contributed by atoms with Gasteiger partial charge in [0.1, 0.15) is 13.6 Å². The van der Waals surface area contributed by atoms with E-state index in [0.717, 1.165) is 6.42 Å². The average molecular weight is 246 g/mol. The van der Waals surface area contributed by atoms with E-state index in [9.17, 15) is 0 Å². The van der Waals surface area contributed by atoms with Crippen LogP contribution in [0, 0.1) is 0 Å². The highest BCUT2D eigenvalue weighted by molar-refractivity contribution is 6.53. The van der Waals surface area contributed by atoms with E-state index in [1.54, 1.807) is 0 Å². The van der Waals surface area contributed by atoms with Gasteiger partial charge in [-0.3, -0.25) is 0 Å². The monoisotopic (exact) mass is 246 g/mol. The fraction of sp³-hybridized carbons (Fsp3) is 1.00. The molecular weight excluding hydrogens is 223 g/mol. The molecule has 0 amide bonds. The van der Waals surface area contributed by atoms with E-state index in [2.05, 4.69) is 0 Å². The summed E-state index contributed by atoms with van der Waals surface area (Å²) in [4.78, 5) is 0.306. The molecule has 1 aliphatic heterocycles. The molecule has 0 aromatic carbocycles. The molecule has 0 aliphatic carbocycles. The van der Waals surface area contributed by atoms with Gasteiger partial charge in [0.2, 0.25) is 0 Å². The predicted molar refractivity (Wildman–Crippen MR) is 63.4 cm³/mol. The van der Waals surface area contributed by atoms with Gasteiger partial charge in [0.25, 0.3) is 0 Å². The quantitative estimate of drug-likeness (QED) is 0.373. The zero-order valence-electron chi connectivity index (χ0n) is 10.4. The van der Waals surface area contributed by atoms with Crippen LogP contribution in [0.5, 0.6) is 0 Å². The highest BCUT2D eigenvalue weighted by atomic mass is 27.2. The summed E-state index contributed by atoms with van der Waals surface area (Å²) in [5.41, 5.74) is 0. The summed E-state index contributed by atoms with van der Waals surface area (Å²) in [6, 6.07) is 0. The zero-order valence-corrected chi connectivity index (χ0v) is 11.6. The first-order valence-corrected chi connectivity index (χ1v) is 8.22. The first-order valence-electron chi connectivity index (χ1n) is 6.27. The van der Waals surface area contributed by atoms with Crippen molar-refractivity contribution in [2.24, 2.45) is 0 Å². The molecular formula is C11H23AlO4. The van der Waals surface area contributed by atoms with Crippen molar-refractivity contribution < 1.29 is 18.0 Å². The molecule has 94 valence electrons. The normalized spacial score (nSPS) is 21.4. The fourth-order valence-electron chi connectivity index (χ4n) is 1.88. The van der Waals surface area contributed by atoms with Crippen molar-refractivity contribution in [2.45, 2.75) is 43.4 Å². The zero-order chi connectivity index (χ0) is 11.6. The van der Waals surface area contributed by atoms with Crippen LogP contribution in [0.1, 0.15) is 33.1 Å². The standard InChI is InChI=1S/C8H16O2.C3H7O2.Al/c1-3-5-6-7-10-8-9-4-2;1-2-5-3-4;/h7H,1,3-6,8H2,2H3;2-3H2,1H3;/q;-1;+1. The Kier molecular flexibility index (Phi) is 8.49. The molecule has 1 atom stereocenters. The van der Waals surface area contributed by atoms with Gasteiger partial charge in [0, 0.05) is 18.2 Å². The largest absolute Gasteiger partial charge is 0.494 e. The Balaban J connectivity index is 2.20. The van der Waals surface area contributed by atoms with E-state index in [1.807, 2.05) is 13.8 Å². The van der Waals surface area contributed by atoms with Gasteiger partial charge in [-0.05, 0) is 20.3 Å². The Hall–Kier alpha value is 0.372. The summed E-state index contributed by atoms with van der Waals surface area (Å²) in [6.07, 6.45) is 3.64. The van der Waals surface area contributed by atoms with Crippen molar-refractivity contribution >= 4 is 14.5 Å². The minimum atomic E-state index is -1.24. The molecule has 4 nitrogen and oxygen atoms in total. The van der Waals surface area contributed by atoms with Crippen LogP contribution in [0.25, 0.3) is 0 Å². The molecule has 1 saturated heterocycles. The van der Waals surface area contributed by atoms with Gasteiger partial charge in [-0.2, -0.15) is 0 Å². The summed E-state index contributed by atoms with van der Waals surface area (Å²) >= 11 is -1.24. The van der Waals surface area contributed by atoms with Crippen LogP contribution in [-0.2, 0) is 18.0 Å². The molecule has 0 radical (unpaired) electrons. The van der Waals surface area contributed by atoms with Gasteiger partial charge in [-0.1, -0.05) is 18.1 Å². The number of rotatable bonds is 8. The molecule has 0 spiro atoms. The maximum absolute atomic E-state index is 5.80. The van der Waals surface area contributed by atoms with Crippen molar-refractivity contribution in [1.29, 1.82) is 0 Å². The minimum Gasteiger partial charge on any atom is -0.479 e. The summed E-state index contributed by atoms with van der Waals surface area (Å²) in [7, 11) is 0. The molecule has 0 N–H and O–H groups in total. The van der Waals surface area contributed by atoms with E-state index in [0.29, 0.717) is 31.8 Å². The van der Waals surface area contributed by atoms with Crippen LogP contribution in [0.15, 0.2) is 0 Å². The summed E-state index contributed by atoms with van der Waals surface area (Å²) in [5, 5.41) is 1.20. The second kappa shape index (κ2) is 9.41. The van der Waals surface area contributed by atoms with E-state index < -0.39 is 14.5 Å². The minimum absolute atomic E-state index is 0.306. The molecule has 5 heteroatoms. The Labute approximate surface area is 103 Å². The third kappa shape index (κ3) is 5.63. The van der Waals surface area contributed by atoms with Gasteiger partial charge in [-0.25, -0.2) is 0 Å². The topological polar surface area (TPSA) is 36.9 Å². The lowest BCUT2D eigenvalue weighted by molar-refractivity contribution is -0.0762. The highest BCUT2D eigenvalue weighted by Gasteiger charge is 2.35. The van der Waals surface area contributed by atoms with Crippen molar-refractivity contribution in [1.82, 2.24) is 0 Å². The maximum Gasteiger partial charge on any atom is 0.494 e. The Bertz CT molecular complexity index is 150. The van der Waals surface area contributed by atoms with Crippen LogP contribution in [0.3, 0.4) is 0 Å². The number of hydrogen-bond donors (Lipinski definition) is 0. The molecule has 1 aliphatic rings. The third-order valence-corrected chi connectivity index (χ3v) is 5.68. The Morgan fingerprint density at radius 2 is 1.81 bits per heavy atom. The average Bonchev–Trinajstić information content (AvgIpc) is 2.32. The molecule has 1 rings (SSSR count). The molecule has 1 heterocycles. The fourth-order valence-corrected chi connectivity index (χ4v) is 4.50. The molecule has 0 aromatic heterocycles. The van der Waals surface area contributed by atoms with Crippen LogP contribution < -0.4 is 0 Å². The Morgan fingerprint density at radius 1 is 1.06 bits per heavy atom. The van der Waals surface area contributed by atoms with Crippen molar-refractivity contribution in [2.75, 3.05) is 26.8 Å². The van der Waals surface area contributed by atoms with E-state index in [-0.39, 0.29) is 0 Å². The summed E-state index contributed by atoms with van der Waals surface area (Å²) < 4.78 is 22.0. The van der Waals surface area contributed by atoms with Gasteiger partial charge in [-0.15, -0.1) is 0 Å². The van der Waals surface area contributed by atoms with Crippen molar-refractivity contribution in [3.63, 3.8) is 0 Å². The lowest BCUT2D eigenvalue weighted by atomic mass is 10.2. The van der Waals surface area contributed by atoms with Crippen LogP contribution in [0.2, 0.25) is 5.28 Å². The second-order valence-corrected chi connectivity index (χ2v) is 6.65. The lowest BCUT2D eigenvalue weighted by Crippen LogP contribution is -2.40. The first kappa shape index (κ1) is 14.4. The van der Waals surface area contributed by atoms with Crippen LogP contribution in [0.4, 0.5) is 0 Å². The molecule has 0 aromatic rings. The molecule has 0 bridgehead atoms. The van der Waals surface area contributed by atoms with E-state index in [1.165, 1.54) is 18.1 Å². The number of hydrogen-bond acceptors (Lipinski definition) is 4. The maximum atomic E-state index is 5.80. The predicted octanol–water partition coefficient (Wildman–Crippen LogP) is 2.09. The molecule has 16 heavy (non-hydrogen) atoms. The van der Waals surface area contributed by atoms with E-state index in [4.69, 9.17) is 18.0 Å².